The number of aromatic nitrogens is 2. The lowest BCUT2D eigenvalue weighted by atomic mass is 10.2. The summed E-state index contributed by atoms with van der Waals surface area (Å²) in [7, 11) is 0. The lowest BCUT2D eigenvalue weighted by Crippen LogP contribution is -2.16. The van der Waals surface area contributed by atoms with Crippen molar-refractivity contribution in [2.75, 3.05) is 0 Å². The van der Waals surface area contributed by atoms with E-state index >= 15 is 0 Å². The number of hydrogen-bond acceptors (Lipinski definition) is 3. The molecule has 0 aromatic carbocycles. The molecule has 18 heavy (non-hydrogen) atoms. The highest BCUT2D eigenvalue weighted by atomic mass is 32.1. The molecule has 0 saturated heterocycles. The summed E-state index contributed by atoms with van der Waals surface area (Å²) >= 11 is 1.79. The van der Waals surface area contributed by atoms with E-state index in [-0.39, 0.29) is 0 Å². The van der Waals surface area contributed by atoms with Crippen molar-refractivity contribution in [3.8, 4) is 0 Å². The molecule has 0 bridgehead atoms. The first kappa shape index (κ1) is 11.4. The lowest BCUT2D eigenvalue weighted by Gasteiger charge is -2.11. The molecule has 3 aromatic heterocycles. The van der Waals surface area contributed by atoms with Gasteiger partial charge in [-0.1, -0.05) is 6.07 Å². The van der Waals surface area contributed by atoms with Gasteiger partial charge < -0.3 is 10.3 Å². The number of aromatic amines is 1. The summed E-state index contributed by atoms with van der Waals surface area (Å²) in [5.74, 6) is 0. The van der Waals surface area contributed by atoms with Crippen molar-refractivity contribution in [1.82, 2.24) is 15.3 Å². The Labute approximate surface area is 110 Å². The molecule has 3 aromatic rings. The van der Waals surface area contributed by atoms with Crippen LogP contribution in [0.4, 0.5) is 0 Å². The smallest absolute Gasteiger partial charge is 0.137 e. The van der Waals surface area contributed by atoms with Crippen LogP contribution in [0.2, 0.25) is 0 Å². The van der Waals surface area contributed by atoms with Crippen LogP contribution in [0.25, 0.3) is 11.0 Å². The van der Waals surface area contributed by atoms with E-state index < -0.39 is 0 Å². The van der Waals surface area contributed by atoms with E-state index in [1.54, 1.807) is 11.3 Å². The summed E-state index contributed by atoms with van der Waals surface area (Å²) in [6, 6.07) is 8.72. The fraction of sp³-hybridized carbons (Fsp3) is 0.214. The van der Waals surface area contributed by atoms with Crippen molar-refractivity contribution < 1.29 is 0 Å². The second-order valence-corrected chi connectivity index (χ2v) is 5.31. The van der Waals surface area contributed by atoms with E-state index in [1.807, 2.05) is 18.5 Å². The molecular formula is C14H15N3S. The summed E-state index contributed by atoms with van der Waals surface area (Å²) in [5, 5.41) is 6.85. The number of H-pyrrole nitrogens is 1. The second-order valence-electron chi connectivity index (χ2n) is 4.33. The molecule has 0 aliphatic heterocycles. The Morgan fingerprint density at radius 3 is 3.17 bits per heavy atom. The van der Waals surface area contributed by atoms with Gasteiger partial charge in [0.2, 0.25) is 0 Å². The molecule has 0 fully saturated rings. The maximum atomic E-state index is 4.30. The molecule has 0 aliphatic rings. The van der Waals surface area contributed by atoms with Crippen LogP contribution in [0.15, 0.2) is 42.0 Å². The van der Waals surface area contributed by atoms with Crippen molar-refractivity contribution >= 4 is 22.4 Å². The van der Waals surface area contributed by atoms with Crippen LogP contribution in [0.5, 0.6) is 0 Å². The van der Waals surface area contributed by atoms with Crippen LogP contribution >= 0.6 is 11.3 Å². The van der Waals surface area contributed by atoms with Gasteiger partial charge >= 0.3 is 0 Å². The second kappa shape index (κ2) is 4.92. The molecule has 0 saturated carbocycles. The Hall–Kier alpha value is -1.65. The summed E-state index contributed by atoms with van der Waals surface area (Å²) in [4.78, 5) is 8.86. The van der Waals surface area contributed by atoms with Crippen LogP contribution in [0.3, 0.4) is 0 Å². The monoisotopic (exact) mass is 257 g/mol. The van der Waals surface area contributed by atoms with Gasteiger partial charge in [0, 0.05) is 35.2 Å². The highest BCUT2D eigenvalue weighted by Crippen LogP contribution is 2.20. The summed E-state index contributed by atoms with van der Waals surface area (Å²) in [6.45, 7) is 3.05. The molecule has 1 atom stereocenters. The third kappa shape index (κ3) is 2.17. The molecule has 3 rings (SSSR count). The summed E-state index contributed by atoms with van der Waals surface area (Å²) in [5.41, 5.74) is 2.22. The number of hydrogen-bond donors (Lipinski definition) is 2. The Kier molecular flexibility index (Phi) is 3.13. The molecule has 3 heterocycles. The maximum Gasteiger partial charge on any atom is 0.137 e. The number of nitrogens with one attached hydrogen (secondary N) is 2. The SMILES string of the molecule is C[C@@H](NCc1c[nH]c2ncccc12)c1cccs1. The normalized spacial score (nSPS) is 12.9. The third-order valence-corrected chi connectivity index (χ3v) is 4.16. The zero-order chi connectivity index (χ0) is 12.4. The van der Waals surface area contributed by atoms with Crippen LogP contribution in [-0.2, 0) is 6.54 Å². The largest absolute Gasteiger partial charge is 0.346 e. The molecule has 2 N–H and O–H groups in total. The van der Waals surface area contributed by atoms with Crippen LogP contribution in [0.1, 0.15) is 23.4 Å². The Morgan fingerprint density at radius 1 is 1.39 bits per heavy atom. The summed E-state index contributed by atoms with van der Waals surface area (Å²) in [6.07, 6.45) is 3.84. The van der Waals surface area contributed by atoms with Crippen molar-refractivity contribution in [1.29, 1.82) is 0 Å². The highest BCUT2D eigenvalue weighted by molar-refractivity contribution is 7.10. The number of fused-ring (bicyclic) bond motifs is 1. The van der Waals surface area contributed by atoms with Gasteiger partial charge in [0.25, 0.3) is 0 Å². The topological polar surface area (TPSA) is 40.7 Å². The van der Waals surface area contributed by atoms with Crippen molar-refractivity contribution in [3.05, 3.63) is 52.5 Å². The molecule has 92 valence electrons. The van der Waals surface area contributed by atoms with E-state index in [9.17, 15) is 0 Å². The first-order valence-electron chi connectivity index (χ1n) is 6.02. The minimum Gasteiger partial charge on any atom is -0.346 e. The van der Waals surface area contributed by atoms with Gasteiger partial charge in [0.05, 0.1) is 0 Å². The van der Waals surface area contributed by atoms with Gasteiger partial charge in [-0.25, -0.2) is 4.98 Å². The molecular weight excluding hydrogens is 242 g/mol. The molecule has 0 aliphatic carbocycles. The average molecular weight is 257 g/mol. The average Bonchev–Trinajstić information content (AvgIpc) is 3.06. The molecule has 0 amide bonds. The zero-order valence-corrected chi connectivity index (χ0v) is 11.0. The fourth-order valence-electron chi connectivity index (χ4n) is 2.06. The molecule has 4 heteroatoms. The standard InChI is InChI=1S/C14H15N3S/c1-10(13-5-3-7-18-13)16-8-11-9-17-14-12(11)4-2-6-15-14/h2-7,9-10,16H,8H2,1H3,(H,15,17)/t10-/m1/s1. The van der Waals surface area contributed by atoms with Crippen molar-refractivity contribution in [3.63, 3.8) is 0 Å². The number of thiophene rings is 1. The minimum absolute atomic E-state index is 0.381. The maximum absolute atomic E-state index is 4.30. The van der Waals surface area contributed by atoms with Crippen LogP contribution in [-0.4, -0.2) is 9.97 Å². The summed E-state index contributed by atoms with van der Waals surface area (Å²) < 4.78 is 0. The molecule has 0 spiro atoms. The zero-order valence-electron chi connectivity index (χ0n) is 10.2. The van der Waals surface area contributed by atoms with Crippen LogP contribution < -0.4 is 5.32 Å². The van der Waals surface area contributed by atoms with E-state index in [4.69, 9.17) is 0 Å². The molecule has 0 unspecified atom stereocenters. The van der Waals surface area contributed by atoms with Gasteiger partial charge in [-0.05, 0) is 36.1 Å². The number of pyridine rings is 1. The Bertz CT molecular complexity index is 627. The first-order chi connectivity index (χ1) is 8.84. The van der Waals surface area contributed by atoms with Gasteiger partial charge in [-0.3, -0.25) is 0 Å². The van der Waals surface area contributed by atoms with Crippen LogP contribution in [0, 0.1) is 0 Å². The van der Waals surface area contributed by atoms with E-state index in [1.165, 1.54) is 15.8 Å². The lowest BCUT2D eigenvalue weighted by molar-refractivity contribution is 0.585. The predicted molar refractivity (Wildman–Crippen MR) is 75.7 cm³/mol. The Balaban J connectivity index is 1.73. The van der Waals surface area contributed by atoms with Crippen molar-refractivity contribution in [2.45, 2.75) is 19.5 Å². The number of nitrogens with zero attached hydrogens (tertiary/aromatic N) is 1. The number of rotatable bonds is 4. The quantitative estimate of drug-likeness (QED) is 0.751. The van der Waals surface area contributed by atoms with E-state index in [0.717, 1.165) is 12.2 Å². The highest BCUT2D eigenvalue weighted by Gasteiger charge is 2.08. The Morgan fingerprint density at radius 2 is 2.33 bits per heavy atom. The fourth-order valence-corrected chi connectivity index (χ4v) is 2.82. The predicted octanol–water partition coefficient (Wildman–Crippen LogP) is 3.48. The molecule has 3 nitrogen and oxygen atoms in total. The van der Waals surface area contributed by atoms with E-state index in [2.05, 4.69) is 45.8 Å². The van der Waals surface area contributed by atoms with Gasteiger partial charge in [-0.15, -0.1) is 11.3 Å². The van der Waals surface area contributed by atoms with E-state index in [0.29, 0.717) is 6.04 Å². The van der Waals surface area contributed by atoms with Gasteiger partial charge in [0.15, 0.2) is 0 Å². The van der Waals surface area contributed by atoms with Crippen molar-refractivity contribution in [2.24, 2.45) is 0 Å². The third-order valence-electron chi connectivity index (χ3n) is 3.11. The molecule has 0 radical (unpaired) electrons. The first-order valence-corrected chi connectivity index (χ1v) is 6.90. The van der Waals surface area contributed by atoms with Gasteiger partial charge in [0.1, 0.15) is 5.65 Å². The van der Waals surface area contributed by atoms with Gasteiger partial charge in [-0.2, -0.15) is 0 Å². The minimum atomic E-state index is 0.381.